The van der Waals surface area contributed by atoms with E-state index in [1.807, 2.05) is 30.3 Å². The number of nitrogens with one attached hydrogen (secondary N) is 1. The Kier molecular flexibility index (Phi) is 8.27. The Labute approximate surface area is 216 Å². The first-order valence-corrected chi connectivity index (χ1v) is 13.1. The number of amides is 1. The average molecular weight is 482 g/mol. The Hall–Kier alpha value is -3.37. The van der Waals surface area contributed by atoms with Gasteiger partial charge in [-0.05, 0) is 64.4 Å². The fourth-order valence-electron chi connectivity index (χ4n) is 4.92. The molecule has 4 heteroatoms. The van der Waals surface area contributed by atoms with E-state index < -0.39 is 0 Å². The minimum Gasteiger partial charge on any atom is -0.369 e. The minimum absolute atomic E-state index is 0.0776. The Balaban J connectivity index is 1.53. The molecule has 1 aliphatic heterocycles. The number of piperazine rings is 1. The molecule has 1 aliphatic rings. The van der Waals surface area contributed by atoms with Gasteiger partial charge in [0.05, 0.1) is 0 Å². The van der Waals surface area contributed by atoms with Crippen LogP contribution in [0.1, 0.15) is 61.0 Å². The predicted molar refractivity (Wildman–Crippen MR) is 153 cm³/mol. The molecule has 1 heterocycles. The van der Waals surface area contributed by atoms with Crippen molar-refractivity contribution in [3.63, 3.8) is 0 Å². The largest absolute Gasteiger partial charge is 0.369 e. The Morgan fingerprint density at radius 3 is 2.14 bits per heavy atom. The van der Waals surface area contributed by atoms with Gasteiger partial charge in [-0.2, -0.15) is 0 Å². The second kappa shape index (κ2) is 11.6. The molecule has 0 saturated carbocycles. The van der Waals surface area contributed by atoms with Crippen molar-refractivity contribution in [3.8, 4) is 11.1 Å². The van der Waals surface area contributed by atoms with Crippen molar-refractivity contribution in [1.29, 1.82) is 0 Å². The van der Waals surface area contributed by atoms with E-state index in [1.165, 1.54) is 16.8 Å². The van der Waals surface area contributed by atoms with E-state index in [9.17, 15) is 4.79 Å². The molecule has 4 rings (SSSR count). The first-order valence-electron chi connectivity index (χ1n) is 13.1. The molecule has 0 unspecified atom stereocenters. The molecule has 4 nitrogen and oxygen atoms in total. The van der Waals surface area contributed by atoms with Crippen molar-refractivity contribution in [2.45, 2.75) is 39.5 Å². The number of carbonyl (C=O) groups excluding carboxylic acids is 1. The molecule has 0 aromatic heterocycles. The predicted octanol–water partition coefficient (Wildman–Crippen LogP) is 7.16. The summed E-state index contributed by atoms with van der Waals surface area (Å²) < 4.78 is 0. The van der Waals surface area contributed by atoms with Crippen molar-refractivity contribution in [3.05, 3.63) is 96.1 Å². The molecule has 36 heavy (non-hydrogen) atoms. The van der Waals surface area contributed by atoms with Crippen molar-refractivity contribution in [1.82, 2.24) is 4.90 Å². The van der Waals surface area contributed by atoms with Crippen LogP contribution in [0.4, 0.5) is 11.4 Å². The van der Waals surface area contributed by atoms with Gasteiger partial charge >= 0.3 is 0 Å². The SMILES string of the molecule is C=CCN1CCN(c2ccc(NC(=O)c3cccc(C(C)C)c3-c3ccc(C(C)C)cc3)cc2)CC1. The topological polar surface area (TPSA) is 35.6 Å². The molecular formula is C32H39N3O. The molecule has 0 aliphatic carbocycles. The van der Waals surface area contributed by atoms with Crippen molar-refractivity contribution in [2.75, 3.05) is 42.9 Å². The highest BCUT2D eigenvalue weighted by Gasteiger charge is 2.19. The maximum Gasteiger partial charge on any atom is 0.256 e. The van der Waals surface area contributed by atoms with Gasteiger partial charge in [-0.3, -0.25) is 9.69 Å². The summed E-state index contributed by atoms with van der Waals surface area (Å²) in [6, 6.07) is 22.9. The third kappa shape index (κ3) is 5.88. The fraction of sp³-hybridized carbons (Fsp3) is 0.344. The van der Waals surface area contributed by atoms with Gasteiger partial charge in [-0.1, -0.05) is 70.2 Å². The summed E-state index contributed by atoms with van der Waals surface area (Å²) in [7, 11) is 0. The molecule has 3 aromatic rings. The molecule has 0 spiro atoms. The summed E-state index contributed by atoms with van der Waals surface area (Å²) >= 11 is 0. The second-order valence-corrected chi connectivity index (χ2v) is 10.3. The zero-order valence-electron chi connectivity index (χ0n) is 22.1. The lowest BCUT2D eigenvalue weighted by molar-refractivity contribution is 0.102. The molecule has 0 bridgehead atoms. The molecule has 1 saturated heterocycles. The van der Waals surface area contributed by atoms with E-state index in [4.69, 9.17) is 0 Å². The number of benzene rings is 3. The number of hydrogen-bond acceptors (Lipinski definition) is 3. The number of rotatable bonds is 8. The van der Waals surface area contributed by atoms with Gasteiger partial charge in [0.25, 0.3) is 5.91 Å². The van der Waals surface area contributed by atoms with Crippen LogP contribution in [0.15, 0.2) is 79.4 Å². The van der Waals surface area contributed by atoms with Crippen molar-refractivity contribution >= 4 is 17.3 Å². The average Bonchev–Trinajstić information content (AvgIpc) is 2.89. The monoisotopic (exact) mass is 481 g/mol. The zero-order valence-corrected chi connectivity index (χ0v) is 22.1. The van der Waals surface area contributed by atoms with Crippen molar-refractivity contribution < 1.29 is 4.79 Å². The third-order valence-corrected chi connectivity index (χ3v) is 7.08. The molecule has 0 radical (unpaired) electrons. The lowest BCUT2D eigenvalue weighted by Gasteiger charge is -2.35. The molecule has 1 amide bonds. The van der Waals surface area contributed by atoms with Crippen LogP contribution in [0.5, 0.6) is 0 Å². The minimum atomic E-state index is -0.0776. The van der Waals surface area contributed by atoms with E-state index >= 15 is 0 Å². The van der Waals surface area contributed by atoms with Gasteiger partial charge < -0.3 is 10.2 Å². The summed E-state index contributed by atoms with van der Waals surface area (Å²) in [5.74, 6) is 0.705. The van der Waals surface area contributed by atoms with E-state index in [0.29, 0.717) is 17.4 Å². The van der Waals surface area contributed by atoms with Crippen LogP contribution in [0.2, 0.25) is 0 Å². The highest BCUT2D eigenvalue weighted by Crippen LogP contribution is 2.34. The Bertz CT molecular complexity index is 1170. The quantitative estimate of drug-likeness (QED) is 0.347. The van der Waals surface area contributed by atoms with Gasteiger partial charge in [0.2, 0.25) is 0 Å². The second-order valence-electron chi connectivity index (χ2n) is 10.3. The summed E-state index contributed by atoms with van der Waals surface area (Å²) in [6.07, 6.45) is 1.97. The molecule has 1 fully saturated rings. The highest BCUT2D eigenvalue weighted by atomic mass is 16.1. The van der Waals surface area contributed by atoms with Gasteiger partial charge in [0.15, 0.2) is 0 Å². The zero-order chi connectivity index (χ0) is 25.7. The number of anilines is 2. The van der Waals surface area contributed by atoms with Gasteiger partial charge in [0, 0.05) is 49.7 Å². The van der Waals surface area contributed by atoms with Crippen LogP contribution in [-0.2, 0) is 0 Å². The Morgan fingerprint density at radius 1 is 0.889 bits per heavy atom. The van der Waals surface area contributed by atoms with Crippen molar-refractivity contribution in [2.24, 2.45) is 0 Å². The Morgan fingerprint density at radius 2 is 1.56 bits per heavy atom. The lowest BCUT2D eigenvalue weighted by atomic mass is 9.87. The standard InChI is InChI=1S/C32H39N3O/c1-6-18-34-19-21-35(22-20-34)28-16-14-27(15-17-28)33-32(36)30-9-7-8-29(24(4)5)31(30)26-12-10-25(11-13-26)23(2)3/h6-17,23-24H,1,18-22H2,2-5H3,(H,33,36). The van der Waals surface area contributed by atoms with Crippen LogP contribution in [0.25, 0.3) is 11.1 Å². The maximum absolute atomic E-state index is 13.5. The van der Waals surface area contributed by atoms with E-state index in [-0.39, 0.29) is 5.91 Å². The van der Waals surface area contributed by atoms with Crippen LogP contribution in [-0.4, -0.2) is 43.5 Å². The molecule has 188 valence electrons. The van der Waals surface area contributed by atoms with Gasteiger partial charge in [-0.15, -0.1) is 6.58 Å². The van der Waals surface area contributed by atoms with E-state index in [2.05, 4.69) is 91.9 Å². The normalized spacial score (nSPS) is 14.3. The number of hydrogen-bond donors (Lipinski definition) is 1. The highest BCUT2D eigenvalue weighted by molar-refractivity contribution is 6.09. The van der Waals surface area contributed by atoms with Crippen LogP contribution in [0, 0.1) is 0 Å². The first kappa shape index (κ1) is 25.7. The third-order valence-electron chi connectivity index (χ3n) is 7.08. The number of nitrogens with zero attached hydrogens (tertiary/aromatic N) is 2. The van der Waals surface area contributed by atoms with Gasteiger partial charge in [0.1, 0.15) is 0 Å². The maximum atomic E-state index is 13.5. The van der Waals surface area contributed by atoms with Crippen LogP contribution >= 0.6 is 0 Å². The molecule has 3 aromatic carbocycles. The molecular weight excluding hydrogens is 442 g/mol. The summed E-state index contributed by atoms with van der Waals surface area (Å²) in [4.78, 5) is 18.3. The smallest absolute Gasteiger partial charge is 0.256 e. The van der Waals surface area contributed by atoms with E-state index in [1.54, 1.807) is 0 Å². The molecule has 1 N–H and O–H groups in total. The van der Waals surface area contributed by atoms with Crippen LogP contribution in [0.3, 0.4) is 0 Å². The number of carbonyl (C=O) groups is 1. The summed E-state index contributed by atoms with van der Waals surface area (Å²) in [5, 5.41) is 3.14. The summed E-state index contributed by atoms with van der Waals surface area (Å²) in [6.45, 7) is 17.6. The lowest BCUT2D eigenvalue weighted by Crippen LogP contribution is -2.46. The first-order chi connectivity index (χ1) is 17.4. The molecule has 0 atom stereocenters. The summed E-state index contributed by atoms with van der Waals surface area (Å²) in [5.41, 5.74) is 7.30. The fourth-order valence-corrected chi connectivity index (χ4v) is 4.92. The van der Waals surface area contributed by atoms with Crippen LogP contribution < -0.4 is 10.2 Å². The van der Waals surface area contributed by atoms with Gasteiger partial charge in [-0.25, -0.2) is 0 Å². The van der Waals surface area contributed by atoms with E-state index in [0.717, 1.165) is 49.5 Å².